The molecule has 0 aromatic rings. The molecule has 2 heterocycles. The Morgan fingerprint density at radius 3 is 2.23 bits per heavy atom. The molecule has 2 aliphatic rings. The Labute approximate surface area is 135 Å². The topological polar surface area (TPSA) is 49.9 Å². The van der Waals surface area contributed by atoms with Gasteiger partial charge < -0.3 is 14.4 Å². The van der Waals surface area contributed by atoms with Gasteiger partial charge in [-0.1, -0.05) is 38.2 Å². The minimum Gasteiger partial charge on any atom is -0.388 e. The first-order valence-electron chi connectivity index (χ1n) is 7.68. The molecule has 5 nitrogen and oxygen atoms in total. The number of likely N-dealkylation sites (tertiary alicyclic amines) is 1. The van der Waals surface area contributed by atoms with Crippen molar-refractivity contribution in [2.75, 3.05) is 46.9 Å². The van der Waals surface area contributed by atoms with Crippen LogP contribution < -0.4 is 0 Å². The number of methoxy groups -OCH3 is 1. The van der Waals surface area contributed by atoms with Crippen LogP contribution in [0.5, 0.6) is 0 Å². The Morgan fingerprint density at radius 2 is 1.82 bits per heavy atom. The number of carbonyl (C=O) groups is 2. The van der Waals surface area contributed by atoms with Crippen LogP contribution in [-0.4, -0.2) is 69.4 Å². The van der Waals surface area contributed by atoms with E-state index in [4.69, 9.17) is 4.79 Å². The molecule has 0 spiro atoms. The van der Waals surface area contributed by atoms with Crippen LogP contribution in [0.3, 0.4) is 0 Å². The monoisotopic (exact) mass is 312 g/mol. The molecule has 0 N–H and O–H groups in total. The molecule has 5 heteroatoms. The summed E-state index contributed by atoms with van der Waals surface area (Å²) in [6.45, 7) is 14.1. The quantitative estimate of drug-likeness (QED) is 0.733. The van der Waals surface area contributed by atoms with Crippen molar-refractivity contribution < 1.29 is 14.3 Å². The molecule has 0 aliphatic carbocycles. The molecule has 0 aromatic heterocycles. The molecule has 0 atom stereocenters. The summed E-state index contributed by atoms with van der Waals surface area (Å²) < 4.78 is 4.25. The van der Waals surface area contributed by atoms with Gasteiger partial charge in [-0.15, -0.1) is 0 Å². The summed E-state index contributed by atoms with van der Waals surface area (Å²) in [5.41, 5.74) is 1.25. The third-order valence-electron chi connectivity index (χ3n) is 3.00. The highest BCUT2D eigenvalue weighted by atomic mass is 16.4. The average Bonchev–Trinajstić information content (AvgIpc) is 2.98. The number of amides is 1. The summed E-state index contributed by atoms with van der Waals surface area (Å²) in [6, 6.07) is 0. The SMILES string of the molecule is C=C1CCN(CC(=O)N2CC=CCC2)C1.C=O.CC.COC. The Balaban J connectivity index is 0. The molecule has 0 radical (unpaired) electrons. The van der Waals surface area contributed by atoms with E-state index in [1.807, 2.05) is 25.5 Å². The molecule has 1 fully saturated rings. The van der Waals surface area contributed by atoms with Crippen molar-refractivity contribution in [3.05, 3.63) is 24.3 Å². The molecule has 22 heavy (non-hydrogen) atoms. The van der Waals surface area contributed by atoms with Crippen LogP contribution in [0.2, 0.25) is 0 Å². The maximum absolute atomic E-state index is 11.9. The Bertz CT molecular complexity index is 330. The standard InChI is InChI=1S/C12H18N2O.C2H6O.C2H6.CH2O/c1-11-5-8-13(9-11)10-12(15)14-6-3-2-4-7-14;1-3-2;2*1-2/h2-3H,1,4-10H2;1-2H3;1-2H3;1H2. The highest BCUT2D eigenvalue weighted by Crippen LogP contribution is 2.13. The van der Waals surface area contributed by atoms with Crippen LogP contribution in [0, 0.1) is 0 Å². The second-order valence-corrected chi connectivity index (χ2v) is 4.72. The average molecular weight is 312 g/mol. The summed E-state index contributed by atoms with van der Waals surface area (Å²) in [5.74, 6) is 0.258. The van der Waals surface area contributed by atoms with E-state index in [1.165, 1.54) is 5.57 Å². The van der Waals surface area contributed by atoms with Crippen LogP contribution in [0.1, 0.15) is 26.7 Å². The number of carbonyl (C=O) groups excluding carboxylic acids is 2. The normalized spacial score (nSPS) is 16.5. The number of hydrogen-bond donors (Lipinski definition) is 0. The molecular formula is C17H32N2O3. The van der Waals surface area contributed by atoms with Gasteiger partial charge in [-0.3, -0.25) is 9.69 Å². The highest BCUT2D eigenvalue weighted by molar-refractivity contribution is 5.78. The molecule has 0 aromatic carbocycles. The van der Waals surface area contributed by atoms with Gasteiger partial charge in [0, 0.05) is 40.4 Å². The molecular weight excluding hydrogens is 280 g/mol. The van der Waals surface area contributed by atoms with Gasteiger partial charge in [0.05, 0.1) is 6.54 Å². The van der Waals surface area contributed by atoms with E-state index in [9.17, 15) is 4.79 Å². The molecule has 1 amide bonds. The summed E-state index contributed by atoms with van der Waals surface area (Å²) in [4.78, 5) is 24.0. The van der Waals surface area contributed by atoms with Gasteiger partial charge in [-0.25, -0.2) is 0 Å². The fourth-order valence-corrected chi connectivity index (χ4v) is 2.08. The van der Waals surface area contributed by atoms with Crippen LogP contribution in [0.4, 0.5) is 0 Å². The maximum Gasteiger partial charge on any atom is 0.237 e. The van der Waals surface area contributed by atoms with Gasteiger partial charge >= 0.3 is 0 Å². The molecule has 0 saturated carbocycles. The lowest BCUT2D eigenvalue weighted by Crippen LogP contribution is -2.40. The van der Waals surface area contributed by atoms with E-state index in [0.717, 1.165) is 39.0 Å². The maximum atomic E-state index is 11.9. The predicted octanol–water partition coefficient (Wildman–Crippen LogP) is 2.14. The first kappa shape index (κ1) is 22.8. The molecule has 1 saturated heterocycles. The summed E-state index contributed by atoms with van der Waals surface area (Å²) in [6.07, 6.45) is 6.26. The van der Waals surface area contributed by atoms with Crippen LogP contribution >= 0.6 is 0 Å². The van der Waals surface area contributed by atoms with Crippen molar-refractivity contribution in [2.24, 2.45) is 0 Å². The zero-order chi connectivity index (χ0) is 17.4. The van der Waals surface area contributed by atoms with E-state index >= 15 is 0 Å². The highest BCUT2D eigenvalue weighted by Gasteiger charge is 2.21. The molecule has 0 unspecified atom stereocenters. The molecule has 128 valence electrons. The van der Waals surface area contributed by atoms with E-state index in [2.05, 4.69) is 28.4 Å². The molecule has 0 bridgehead atoms. The van der Waals surface area contributed by atoms with Crippen molar-refractivity contribution in [1.82, 2.24) is 9.80 Å². The fraction of sp³-hybridized carbons (Fsp3) is 0.647. The van der Waals surface area contributed by atoms with E-state index in [-0.39, 0.29) is 5.91 Å². The minimum absolute atomic E-state index is 0.258. The van der Waals surface area contributed by atoms with Crippen LogP contribution in [0.15, 0.2) is 24.3 Å². The first-order chi connectivity index (χ1) is 10.7. The Kier molecular flexibility index (Phi) is 16.5. The number of hydrogen-bond acceptors (Lipinski definition) is 4. The Hall–Kier alpha value is -1.46. The van der Waals surface area contributed by atoms with Crippen LogP contribution in [-0.2, 0) is 14.3 Å². The van der Waals surface area contributed by atoms with Crippen molar-refractivity contribution >= 4 is 12.7 Å². The van der Waals surface area contributed by atoms with Gasteiger partial charge in [0.1, 0.15) is 6.79 Å². The largest absolute Gasteiger partial charge is 0.388 e. The second-order valence-electron chi connectivity index (χ2n) is 4.72. The van der Waals surface area contributed by atoms with Crippen molar-refractivity contribution in [1.29, 1.82) is 0 Å². The van der Waals surface area contributed by atoms with Crippen molar-refractivity contribution in [3.63, 3.8) is 0 Å². The molecule has 2 aliphatic heterocycles. The summed E-state index contributed by atoms with van der Waals surface area (Å²) >= 11 is 0. The van der Waals surface area contributed by atoms with E-state index < -0.39 is 0 Å². The zero-order valence-corrected chi connectivity index (χ0v) is 14.6. The number of rotatable bonds is 2. The van der Waals surface area contributed by atoms with Crippen molar-refractivity contribution in [3.8, 4) is 0 Å². The van der Waals surface area contributed by atoms with Gasteiger partial charge in [-0.2, -0.15) is 0 Å². The summed E-state index contributed by atoms with van der Waals surface area (Å²) in [5, 5.41) is 0. The van der Waals surface area contributed by atoms with Crippen LogP contribution in [0.25, 0.3) is 0 Å². The van der Waals surface area contributed by atoms with Gasteiger partial charge in [0.25, 0.3) is 0 Å². The van der Waals surface area contributed by atoms with E-state index in [0.29, 0.717) is 6.54 Å². The predicted molar refractivity (Wildman–Crippen MR) is 91.9 cm³/mol. The summed E-state index contributed by atoms with van der Waals surface area (Å²) in [7, 11) is 3.25. The lowest BCUT2D eigenvalue weighted by Gasteiger charge is -2.25. The smallest absolute Gasteiger partial charge is 0.237 e. The third-order valence-corrected chi connectivity index (χ3v) is 3.00. The fourth-order valence-electron chi connectivity index (χ4n) is 2.08. The lowest BCUT2D eigenvalue weighted by atomic mass is 10.2. The second kappa shape index (κ2) is 15.9. The number of ether oxygens (including phenoxy) is 1. The van der Waals surface area contributed by atoms with Gasteiger partial charge in [0.15, 0.2) is 0 Å². The Morgan fingerprint density at radius 1 is 1.23 bits per heavy atom. The number of nitrogens with zero attached hydrogens (tertiary/aromatic N) is 2. The van der Waals surface area contributed by atoms with Crippen molar-refractivity contribution in [2.45, 2.75) is 26.7 Å². The lowest BCUT2D eigenvalue weighted by molar-refractivity contribution is -0.131. The minimum atomic E-state index is 0.258. The first-order valence-corrected chi connectivity index (χ1v) is 7.68. The molecule has 2 rings (SSSR count). The van der Waals surface area contributed by atoms with Gasteiger partial charge in [0.2, 0.25) is 5.91 Å². The van der Waals surface area contributed by atoms with E-state index in [1.54, 1.807) is 14.2 Å². The van der Waals surface area contributed by atoms with Gasteiger partial charge in [-0.05, 0) is 12.8 Å². The third kappa shape index (κ3) is 10.3. The zero-order valence-electron chi connectivity index (χ0n) is 14.6.